The highest BCUT2D eigenvalue weighted by molar-refractivity contribution is 7.89. The highest BCUT2D eigenvalue weighted by Gasteiger charge is 2.26. The summed E-state index contributed by atoms with van der Waals surface area (Å²) in [6.07, 6.45) is 4.96. The van der Waals surface area contributed by atoms with Gasteiger partial charge < -0.3 is 4.98 Å². The Labute approximate surface area is 179 Å². The minimum absolute atomic E-state index is 0.116. The van der Waals surface area contributed by atoms with E-state index in [9.17, 15) is 8.42 Å². The van der Waals surface area contributed by atoms with Crippen LogP contribution in [0.4, 0.5) is 0 Å². The molecule has 1 aliphatic rings. The number of nitrogens with zero attached hydrogens (tertiary/aromatic N) is 1. The molecule has 1 fully saturated rings. The number of rotatable bonds is 7. The van der Waals surface area contributed by atoms with Crippen molar-refractivity contribution >= 4 is 20.9 Å². The number of benzene rings is 2. The zero-order valence-electron chi connectivity index (χ0n) is 17.8. The van der Waals surface area contributed by atoms with E-state index in [1.54, 1.807) is 0 Å². The van der Waals surface area contributed by atoms with Crippen LogP contribution in [0, 0.1) is 0 Å². The van der Waals surface area contributed by atoms with Crippen molar-refractivity contribution in [2.45, 2.75) is 38.1 Å². The predicted molar refractivity (Wildman–Crippen MR) is 123 cm³/mol. The summed E-state index contributed by atoms with van der Waals surface area (Å²) in [5, 5.41) is 1.24. The molecule has 0 radical (unpaired) electrons. The van der Waals surface area contributed by atoms with Crippen molar-refractivity contribution in [3.8, 4) is 0 Å². The summed E-state index contributed by atoms with van der Waals surface area (Å²) in [7, 11) is -1.72. The second-order valence-corrected chi connectivity index (χ2v) is 10.3. The smallest absolute Gasteiger partial charge is 0.211 e. The summed E-state index contributed by atoms with van der Waals surface area (Å²) >= 11 is 0. The molecule has 0 aliphatic carbocycles. The fraction of sp³-hybridized carbons (Fsp3) is 0.417. The lowest BCUT2D eigenvalue weighted by Gasteiger charge is -2.36. The molecule has 1 aromatic heterocycles. The quantitative estimate of drug-likeness (QED) is 0.596. The molecule has 5 nitrogen and oxygen atoms in total. The van der Waals surface area contributed by atoms with E-state index in [-0.39, 0.29) is 5.75 Å². The number of aryl methyl sites for hydroxylation is 1. The molecule has 2 N–H and O–H groups in total. The highest BCUT2D eigenvalue weighted by Crippen LogP contribution is 2.36. The molecule has 0 saturated carbocycles. The molecular formula is C24H31N3O2S. The summed E-state index contributed by atoms with van der Waals surface area (Å²) in [6.45, 7) is 4.48. The van der Waals surface area contributed by atoms with Gasteiger partial charge in [0.2, 0.25) is 10.0 Å². The molecule has 0 bridgehead atoms. The first kappa shape index (κ1) is 21.1. The molecule has 2 heterocycles. The van der Waals surface area contributed by atoms with Gasteiger partial charge in [0.1, 0.15) is 0 Å². The van der Waals surface area contributed by atoms with Gasteiger partial charge in [-0.05, 0) is 81.1 Å². The van der Waals surface area contributed by atoms with Crippen molar-refractivity contribution < 1.29 is 8.42 Å². The maximum atomic E-state index is 11.8. The summed E-state index contributed by atoms with van der Waals surface area (Å²) in [6, 6.07) is 17.4. The number of piperidine rings is 1. The van der Waals surface area contributed by atoms with Crippen LogP contribution in [0.3, 0.4) is 0 Å². The lowest BCUT2D eigenvalue weighted by atomic mass is 9.88. The van der Waals surface area contributed by atoms with Gasteiger partial charge >= 0.3 is 0 Å². The third kappa shape index (κ3) is 4.61. The molecule has 30 heavy (non-hydrogen) atoms. The largest absolute Gasteiger partial charge is 0.361 e. The van der Waals surface area contributed by atoms with E-state index in [2.05, 4.69) is 70.2 Å². The number of hydrogen-bond acceptors (Lipinski definition) is 3. The molecule has 1 atom stereocenters. The van der Waals surface area contributed by atoms with E-state index >= 15 is 0 Å². The van der Waals surface area contributed by atoms with Crippen molar-refractivity contribution in [3.05, 3.63) is 71.4 Å². The van der Waals surface area contributed by atoms with E-state index in [1.807, 2.05) is 6.07 Å². The van der Waals surface area contributed by atoms with Crippen LogP contribution < -0.4 is 4.72 Å². The maximum Gasteiger partial charge on any atom is 0.211 e. The third-order valence-electron chi connectivity index (χ3n) is 6.55. The lowest BCUT2D eigenvalue weighted by Crippen LogP contribution is -2.35. The number of aromatic nitrogens is 1. The number of hydrogen-bond donors (Lipinski definition) is 2. The van der Waals surface area contributed by atoms with Crippen LogP contribution >= 0.6 is 0 Å². The molecule has 160 valence electrons. The van der Waals surface area contributed by atoms with Gasteiger partial charge in [-0.1, -0.05) is 36.4 Å². The standard InChI is InChI=1S/C24H31N3O2S/c1-18(20-6-4-3-5-7-20)27-13-10-21(11-14-27)23-17-26-24-9-8-19(16-22(23)24)12-15-30(28,29)25-2/h3-9,16-18,21,25-26H,10-15H2,1-2H3. The molecule has 0 spiro atoms. The van der Waals surface area contributed by atoms with Gasteiger partial charge in [0.15, 0.2) is 0 Å². The number of nitrogens with one attached hydrogen (secondary N) is 2. The van der Waals surface area contributed by atoms with Gasteiger partial charge in [0, 0.05) is 23.1 Å². The second-order valence-electron chi connectivity index (χ2n) is 8.29. The molecule has 3 aromatic rings. The Balaban J connectivity index is 1.45. The van der Waals surface area contributed by atoms with Crippen LogP contribution in [0.1, 0.15) is 48.4 Å². The van der Waals surface area contributed by atoms with Crippen molar-refractivity contribution in [1.29, 1.82) is 0 Å². The van der Waals surface area contributed by atoms with Crippen LogP contribution in [-0.4, -0.2) is 44.2 Å². The van der Waals surface area contributed by atoms with E-state index in [1.165, 1.54) is 23.6 Å². The van der Waals surface area contributed by atoms with E-state index < -0.39 is 10.0 Å². The molecular weight excluding hydrogens is 394 g/mol. The molecule has 1 unspecified atom stereocenters. The molecule has 1 aliphatic heterocycles. The molecule has 2 aromatic carbocycles. The number of sulfonamides is 1. The Morgan fingerprint density at radius 2 is 1.87 bits per heavy atom. The molecule has 6 heteroatoms. The topological polar surface area (TPSA) is 65.2 Å². The van der Waals surface area contributed by atoms with E-state index in [0.717, 1.165) is 37.0 Å². The Bertz CT molecular complexity index is 1080. The first-order valence-corrected chi connectivity index (χ1v) is 12.4. The van der Waals surface area contributed by atoms with E-state index in [4.69, 9.17) is 0 Å². The van der Waals surface area contributed by atoms with Gasteiger partial charge in [-0.2, -0.15) is 0 Å². The molecule has 1 saturated heterocycles. The zero-order chi connectivity index (χ0) is 21.1. The summed E-state index contributed by atoms with van der Waals surface area (Å²) in [5.74, 6) is 0.652. The second kappa shape index (κ2) is 8.92. The van der Waals surface area contributed by atoms with Crippen molar-refractivity contribution in [2.75, 3.05) is 25.9 Å². The predicted octanol–water partition coefficient (Wildman–Crippen LogP) is 4.20. The number of H-pyrrole nitrogens is 1. The summed E-state index contributed by atoms with van der Waals surface area (Å²) in [5.41, 5.74) is 4.95. The minimum Gasteiger partial charge on any atom is -0.361 e. The molecule has 0 amide bonds. The fourth-order valence-electron chi connectivity index (χ4n) is 4.58. The van der Waals surface area contributed by atoms with Gasteiger partial charge in [-0.3, -0.25) is 4.90 Å². The number of likely N-dealkylation sites (tertiary alicyclic amines) is 1. The highest BCUT2D eigenvalue weighted by atomic mass is 32.2. The monoisotopic (exact) mass is 425 g/mol. The van der Waals surface area contributed by atoms with Gasteiger partial charge in [-0.25, -0.2) is 13.1 Å². The Hall–Kier alpha value is -2.15. The van der Waals surface area contributed by atoms with Crippen LogP contribution in [0.15, 0.2) is 54.7 Å². The van der Waals surface area contributed by atoms with E-state index in [0.29, 0.717) is 18.4 Å². The zero-order valence-corrected chi connectivity index (χ0v) is 18.6. The lowest BCUT2D eigenvalue weighted by molar-refractivity contribution is 0.163. The Morgan fingerprint density at radius 3 is 2.57 bits per heavy atom. The summed E-state index contributed by atoms with van der Waals surface area (Å²) in [4.78, 5) is 5.99. The van der Waals surface area contributed by atoms with Crippen molar-refractivity contribution in [1.82, 2.24) is 14.6 Å². The Kier molecular flexibility index (Phi) is 6.27. The van der Waals surface area contributed by atoms with Gasteiger partial charge in [0.25, 0.3) is 0 Å². The maximum absolute atomic E-state index is 11.8. The van der Waals surface area contributed by atoms with Gasteiger partial charge in [-0.15, -0.1) is 0 Å². The SMILES string of the molecule is CNS(=O)(=O)CCc1ccc2[nH]cc(C3CCN(C(C)c4ccccc4)CC3)c2c1. The average Bonchev–Trinajstić information content (AvgIpc) is 3.21. The number of aromatic amines is 1. The third-order valence-corrected chi connectivity index (χ3v) is 7.91. The normalized spacial score (nSPS) is 17.4. The van der Waals surface area contributed by atoms with Crippen LogP contribution in [0.25, 0.3) is 10.9 Å². The summed E-state index contributed by atoms with van der Waals surface area (Å²) < 4.78 is 25.9. The van der Waals surface area contributed by atoms with Crippen molar-refractivity contribution in [2.24, 2.45) is 0 Å². The van der Waals surface area contributed by atoms with Crippen LogP contribution in [0.5, 0.6) is 0 Å². The molecule has 4 rings (SSSR count). The average molecular weight is 426 g/mol. The first-order chi connectivity index (χ1) is 14.5. The minimum atomic E-state index is -3.19. The van der Waals surface area contributed by atoms with Crippen molar-refractivity contribution in [3.63, 3.8) is 0 Å². The van der Waals surface area contributed by atoms with Gasteiger partial charge in [0.05, 0.1) is 5.75 Å². The number of fused-ring (bicyclic) bond motifs is 1. The Morgan fingerprint density at radius 1 is 1.13 bits per heavy atom. The first-order valence-electron chi connectivity index (χ1n) is 10.8. The van der Waals surface area contributed by atoms with Crippen LogP contribution in [0.2, 0.25) is 0 Å². The fourth-order valence-corrected chi connectivity index (χ4v) is 5.29. The van der Waals surface area contributed by atoms with Crippen LogP contribution in [-0.2, 0) is 16.4 Å².